The molecule has 1 aliphatic rings. The fourth-order valence-electron chi connectivity index (χ4n) is 2.80. The maximum atomic E-state index is 13.1. The number of amides is 1. The number of nitrogens with zero attached hydrogens (tertiary/aromatic N) is 1. The lowest BCUT2D eigenvalue weighted by atomic mass is 10.1. The molecule has 1 aromatic rings. The molecular formula is C16H20ClF3N2O2. The van der Waals surface area contributed by atoms with Gasteiger partial charge < -0.3 is 10.1 Å². The van der Waals surface area contributed by atoms with Crippen molar-refractivity contribution in [3.8, 4) is 0 Å². The maximum absolute atomic E-state index is 13.1. The van der Waals surface area contributed by atoms with Gasteiger partial charge in [-0.1, -0.05) is 11.6 Å². The predicted molar refractivity (Wildman–Crippen MR) is 86.1 cm³/mol. The number of rotatable bonds is 3. The molecule has 1 aliphatic heterocycles. The zero-order chi connectivity index (χ0) is 18.1. The number of morpholine rings is 1. The minimum Gasteiger partial charge on any atom is -0.373 e. The molecular weight excluding hydrogens is 345 g/mol. The average molecular weight is 365 g/mol. The molecule has 0 aromatic heterocycles. The Hall–Kier alpha value is -1.31. The molecule has 0 radical (unpaired) electrons. The highest BCUT2D eigenvalue weighted by Gasteiger charge is 2.35. The summed E-state index contributed by atoms with van der Waals surface area (Å²) in [5, 5.41) is 2.33. The van der Waals surface area contributed by atoms with Crippen molar-refractivity contribution >= 4 is 23.2 Å². The highest BCUT2D eigenvalue weighted by molar-refractivity contribution is 6.30. The van der Waals surface area contributed by atoms with Crippen molar-refractivity contribution in [3.05, 3.63) is 28.8 Å². The summed E-state index contributed by atoms with van der Waals surface area (Å²) in [6, 6.07) is 2.72. The van der Waals surface area contributed by atoms with Crippen LogP contribution in [-0.2, 0) is 15.7 Å². The highest BCUT2D eigenvalue weighted by Crippen LogP contribution is 2.36. The van der Waals surface area contributed by atoms with Crippen LogP contribution >= 0.6 is 11.6 Å². The van der Waals surface area contributed by atoms with E-state index < -0.39 is 23.7 Å². The van der Waals surface area contributed by atoms with Gasteiger partial charge in [-0.3, -0.25) is 9.69 Å². The summed E-state index contributed by atoms with van der Waals surface area (Å²) in [4.78, 5) is 14.3. The SMILES string of the molecule is C[C@@H]1CN([C@H](C)C(=O)Nc2ccc(Cl)cc2C(F)(F)F)C[C@H](C)O1. The molecule has 0 spiro atoms. The first-order chi connectivity index (χ1) is 11.1. The van der Waals surface area contributed by atoms with Crippen LogP contribution in [0.3, 0.4) is 0 Å². The van der Waals surface area contributed by atoms with E-state index in [-0.39, 0.29) is 22.9 Å². The van der Waals surface area contributed by atoms with Crippen molar-refractivity contribution in [1.29, 1.82) is 0 Å². The second-order valence-corrected chi connectivity index (χ2v) is 6.50. The number of ether oxygens (including phenoxy) is 1. The number of carbonyl (C=O) groups excluding carboxylic acids is 1. The number of halogens is 4. The van der Waals surface area contributed by atoms with Gasteiger partial charge in [0.25, 0.3) is 0 Å². The van der Waals surface area contributed by atoms with Gasteiger partial charge in [-0.2, -0.15) is 13.2 Å². The largest absolute Gasteiger partial charge is 0.418 e. The molecule has 4 nitrogen and oxygen atoms in total. The zero-order valence-electron chi connectivity index (χ0n) is 13.7. The smallest absolute Gasteiger partial charge is 0.373 e. The van der Waals surface area contributed by atoms with E-state index in [4.69, 9.17) is 16.3 Å². The summed E-state index contributed by atoms with van der Waals surface area (Å²) in [5.41, 5.74) is -1.25. The molecule has 24 heavy (non-hydrogen) atoms. The van der Waals surface area contributed by atoms with E-state index >= 15 is 0 Å². The van der Waals surface area contributed by atoms with Gasteiger partial charge >= 0.3 is 6.18 Å². The number of nitrogens with one attached hydrogen (secondary N) is 1. The maximum Gasteiger partial charge on any atom is 0.418 e. The molecule has 1 N–H and O–H groups in total. The molecule has 1 aromatic carbocycles. The lowest BCUT2D eigenvalue weighted by Gasteiger charge is -2.38. The van der Waals surface area contributed by atoms with E-state index in [9.17, 15) is 18.0 Å². The summed E-state index contributed by atoms with van der Waals surface area (Å²) < 4.78 is 44.9. The van der Waals surface area contributed by atoms with Gasteiger partial charge in [0, 0.05) is 18.1 Å². The summed E-state index contributed by atoms with van der Waals surface area (Å²) in [6.07, 6.45) is -4.67. The van der Waals surface area contributed by atoms with Crippen LogP contribution in [0.1, 0.15) is 26.3 Å². The van der Waals surface area contributed by atoms with Crippen molar-refractivity contribution in [1.82, 2.24) is 4.90 Å². The van der Waals surface area contributed by atoms with Crippen LogP contribution in [0.5, 0.6) is 0 Å². The lowest BCUT2D eigenvalue weighted by molar-refractivity contribution is -0.137. The second kappa shape index (κ2) is 7.29. The monoisotopic (exact) mass is 364 g/mol. The highest BCUT2D eigenvalue weighted by atomic mass is 35.5. The number of benzene rings is 1. The van der Waals surface area contributed by atoms with Crippen LogP contribution in [0, 0.1) is 0 Å². The third-order valence-corrected chi connectivity index (χ3v) is 4.15. The molecule has 2 rings (SSSR count). The van der Waals surface area contributed by atoms with Gasteiger partial charge in [0.15, 0.2) is 0 Å². The lowest BCUT2D eigenvalue weighted by Crippen LogP contribution is -2.52. The van der Waals surface area contributed by atoms with Gasteiger partial charge in [0.2, 0.25) is 5.91 Å². The van der Waals surface area contributed by atoms with Crippen molar-refractivity contribution in [3.63, 3.8) is 0 Å². The van der Waals surface area contributed by atoms with E-state index in [1.165, 1.54) is 12.1 Å². The molecule has 0 bridgehead atoms. The first-order valence-corrected chi connectivity index (χ1v) is 8.03. The van der Waals surface area contributed by atoms with Gasteiger partial charge in [-0.15, -0.1) is 0 Å². The first-order valence-electron chi connectivity index (χ1n) is 7.65. The van der Waals surface area contributed by atoms with E-state index in [0.717, 1.165) is 6.07 Å². The molecule has 0 aliphatic carbocycles. The van der Waals surface area contributed by atoms with E-state index in [1.54, 1.807) is 6.92 Å². The Kier molecular flexibility index (Phi) is 5.78. The molecule has 8 heteroatoms. The van der Waals surface area contributed by atoms with E-state index in [2.05, 4.69) is 5.32 Å². The van der Waals surface area contributed by atoms with Crippen LogP contribution in [0.4, 0.5) is 18.9 Å². The molecule has 1 saturated heterocycles. The van der Waals surface area contributed by atoms with Gasteiger partial charge in [-0.25, -0.2) is 0 Å². The van der Waals surface area contributed by atoms with Crippen molar-refractivity contribution < 1.29 is 22.7 Å². The molecule has 1 fully saturated rings. The number of anilines is 1. The normalized spacial score (nSPS) is 23.8. The summed E-state index contributed by atoms with van der Waals surface area (Å²) >= 11 is 5.64. The number of hydrogen-bond donors (Lipinski definition) is 1. The Morgan fingerprint density at radius 3 is 2.46 bits per heavy atom. The number of alkyl halides is 3. The van der Waals surface area contributed by atoms with Gasteiger partial charge in [0.05, 0.1) is 29.5 Å². The Morgan fingerprint density at radius 2 is 1.92 bits per heavy atom. The molecule has 0 saturated carbocycles. The van der Waals surface area contributed by atoms with Crippen LogP contribution in [0.15, 0.2) is 18.2 Å². The standard InChI is InChI=1S/C16H20ClF3N2O2/c1-9-7-22(8-10(2)24-9)11(3)15(23)21-14-5-4-12(17)6-13(14)16(18,19)20/h4-6,9-11H,7-8H2,1-3H3,(H,21,23)/t9-,10+,11-/m1/s1. The Morgan fingerprint density at radius 1 is 1.33 bits per heavy atom. The third-order valence-electron chi connectivity index (χ3n) is 3.92. The van der Waals surface area contributed by atoms with Crippen LogP contribution in [-0.4, -0.2) is 42.1 Å². The zero-order valence-corrected chi connectivity index (χ0v) is 14.4. The summed E-state index contributed by atoms with van der Waals surface area (Å²) in [5.74, 6) is -0.496. The molecule has 3 atom stereocenters. The van der Waals surface area contributed by atoms with Crippen LogP contribution in [0.2, 0.25) is 5.02 Å². The average Bonchev–Trinajstić information content (AvgIpc) is 2.46. The van der Waals surface area contributed by atoms with Crippen LogP contribution < -0.4 is 5.32 Å². The second-order valence-electron chi connectivity index (χ2n) is 6.06. The van der Waals surface area contributed by atoms with Crippen molar-refractivity contribution in [2.24, 2.45) is 0 Å². The van der Waals surface area contributed by atoms with E-state index in [1.807, 2.05) is 18.7 Å². The van der Waals surface area contributed by atoms with Gasteiger partial charge in [0.1, 0.15) is 0 Å². The topological polar surface area (TPSA) is 41.6 Å². The Bertz CT molecular complexity index is 599. The quantitative estimate of drug-likeness (QED) is 0.887. The fraction of sp³-hybridized carbons (Fsp3) is 0.562. The Labute approximate surface area is 143 Å². The number of carbonyl (C=O) groups is 1. The fourth-order valence-corrected chi connectivity index (χ4v) is 2.97. The van der Waals surface area contributed by atoms with Gasteiger partial charge in [-0.05, 0) is 39.0 Å². The summed E-state index contributed by atoms with van der Waals surface area (Å²) in [7, 11) is 0. The molecule has 1 heterocycles. The first kappa shape index (κ1) is 19.0. The van der Waals surface area contributed by atoms with E-state index in [0.29, 0.717) is 13.1 Å². The Balaban J connectivity index is 2.15. The molecule has 1 amide bonds. The van der Waals surface area contributed by atoms with Crippen LogP contribution in [0.25, 0.3) is 0 Å². The number of hydrogen-bond acceptors (Lipinski definition) is 3. The van der Waals surface area contributed by atoms with Crippen molar-refractivity contribution in [2.75, 3.05) is 18.4 Å². The summed E-state index contributed by atoms with van der Waals surface area (Å²) in [6.45, 7) is 6.56. The minimum atomic E-state index is -4.60. The minimum absolute atomic E-state index is 0.0368. The molecule has 134 valence electrons. The third kappa shape index (κ3) is 4.62. The predicted octanol–water partition coefficient (Wildman–Crippen LogP) is 3.80. The van der Waals surface area contributed by atoms with Crippen molar-refractivity contribution in [2.45, 2.75) is 45.2 Å². The molecule has 0 unspecified atom stereocenters.